The predicted molar refractivity (Wildman–Crippen MR) is 61.1 cm³/mol. The molecule has 0 spiro atoms. The van der Waals surface area contributed by atoms with Crippen molar-refractivity contribution in [2.24, 2.45) is 0 Å². The van der Waals surface area contributed by atoms with Crippen molar-refractivity contribution >= 4 is 13.2 Å². The Bertz CT molecular complexity index is 405. The molecule has 102 valence electrons. The smallest absolute Gasteiger partial charge is 0.418 e. The van der Waals surface area contributed by atoms with Gasteiger partial charge in [0.05, 0.1) is 0 Å². The highest BCUT2D eigenvalue weighted by Crippen LogP contribution is 2.06. The zero-order valence-electron chi connectivity index (χ0n) is 10.6. The Morgan fingerprint density at radius 2 is 1.44 bits per heavy atom. The van der Waals surface area contributed by atoms with E-state index in [9.17, 15) is 22.1 Å². The van der Waals surface area contributed by atoms with Gasteiger partial charge in [0.25, 0.3) is 5.91 Å². The van der Waals surface area contributed by atoms with E-state index < -0.39 is 7.25 Å². The molecule has 18 heavy (non-hydrogen) atoms. The average Bonchev–Trinajstić information content (AvgIpc) is 2.07. The monoisotopic (exact) mass is 266 g/mol. The van der Waals surface area contributed by atoms with Crippen molar-refractivity contribution in [2.75, 3.05) is 5.43 Å². The van der Waals surface area contributed by atoms with Gasteiger partial charge in [0.1, 0.15) is 0 Å². The molecular formula is C10H15BF4N2O. The summed E-state index contributed by atoms with van der Waals surface area (Å²) in [6.07, 6.45) is 0. The largest absolute Gasteiger partial charge is 0.673 e. The zero-order valence-corrected chi connectivity index (χ0v) is 10.6. The number of aromatic nitrogens is 1. The molecule has 0 aliphatic carbocycles. The highest BCUT2D eigenvalue weighted by atomic mass is 19.5. The minimum absolute atomic E-state index is 0.0555. The lowest BCUT2D eigenvalue weighted by atomic mass is 10.2. The minimum atomic E-state index is -6.00. The summed E-state index contributed by atoms with van der Waals surface area (Å²) in [6, 6.07) is 4.06. The Labute approximate surface area is 103 Å². The number of carbonyl (C=O) groups excluding carboxylic acids is 1. The summed E-state index contributed by atoms with van der Waals surface area (Å²) in [5.74, 6) is -0.0555. The van der Waals surface area contributed by atoms with Gasteiger partial charge in [-0.25, -0.2) is 0 Å². The molecule has 0 unspecified atom stereocenters. The summed E-state index contributed by atoms with van der Waals surface area (Å²) < 4.78 is 40.8. The maximum Gasteiger partial charge on any atom is 0.673 e. The van der Waals surface area contributed by atoms with E-state index in [1.54, 1.807) is 4.68 Å². The number of nitrogens with zero attached hydrogens (tertiary/aromatic N) is 1. The van der Waals surface area contributed by atoms with Gasteiger partial charge in [-0.15, -0.1) is 5.43 Å². The van der Waals surface area contributed by atoms with Crippen molar-refractivity contribution in [3.05, 3.63) is 29.1 Å². The van der Waals surface area contributed by atoms with Crippen molar-refractivity contribution in [2.45, 2.75) is 27.7 Å². The first-order chi connectivity index (χ1) is 8.00. The molecule has 1 rings (SSSR count). The summed E-state index contributed by atoms with van der Waals surface area (Å²) in [6.45, 7) is 7.48. The highest BCUT2D eigenvalue weighted by molar-refractivity contribution is 6.50. The molecule has 0 aliphatic heterocycles. The van der Waals surface area contributed by atoms with Crippen LogP contribution in [-0.4, -0.2) is 13.2 Å². The van der Waals surface area contributed by atoms with Crippen LogP contribution in [0, 0.1) is 20.8 Å². The number of hydrogen-bond acceptors (Lipinski definition) is 1. The lowest BCUT2D eigenvalue weighted by Gasteiger charge is -2.03. The highest BCUT2D eigenvalue weighted by Gasteiger charge is 2.20. The SMILES string of the molecule is CC(=O)N[n+]1c(C)cc(C)cc1C.F[B-](F)(F)F. The van der Waals surface area contributed by atoms with E-state index in [0.29, 0.717) is 0 Å². The first-order valence-corrected chi connectivity index (χ1v) is 5.15. The van der Waals surface area contributed by atoms with Crippen molar-refractivity contribution in [3.63, 3.8) is 0 Å². The van der Waals surface area contributed by atoms with Crippen LogP contribution in [0.4, 0.5) is 17.3 Å². The van der Waals surface area contributed by atoms with E-state index in [2.05, 4.69) is 5.43 Å². The van der Waals surface area contributed by atoms with E-state index >= 15 is 0 Å². The molecule has 1 aromatic rings. The van der Waals surface area contributed by atoms with Gasteiger partial charge in [0.2, 0.25) is 11.4 Å². The molecule has 8 heteroatoms. The van der Waals surface area contributed by atoms with Gasteiger partial charge in [0, 0.05) is 32.9 Å². The minimum Gasteiger partial charge on any atom is -0.418 e. The van der Waals surface area contributed by atoms with Gasteiger partial charge in [-0.3, -0.25) is 4.79 Å². The molecule has 0 aromatic carbocycles. The molecule has 1 amide bonds. The molecule has 0 saturated carbocycles. The van der Waals surface area contributed by atoms with Gasteiger partial charge >= 0.3 is 7.25 Å². The van der Waals surface area contributed by atoms with Crippen LogP contribution < -0.4 is 10.1 Å². The Balaban J connectivity index is 0.000000494. The number of amides is 1. The number of pyridine rings is 1. The molecule has 3 nitrogen and oxygen atoms in total. The number of halogens is 4. The molecule has 1 aromatic heterocycles. The van der Waals surface area contributed by atoms with Gasteiger partial charge in [0.15, 0.2) is 0 Å². The van der Waals surface area contributed by atoms with Gasteiger partial charge in [-0.1, -0.05) is 4.68 Å². The number of aryl methyl sites for hydroxylation is 3. The van der Waals surface area contributed by atoms with Crippen LogP contribution >= 0.6 is 0 Å². The first kappa shape index (κ1) is 16.4. The molecule has 1 heterocycles. The summed E-state index contributed by atoms with van der Waals surface area (Å²) in [5.41, 5.74) is 6.02. The number of hydrogen-bond donors (Lipinski definition) is 1. The number of carbonyl (C=O) groups is 1. The van der Waals surface area contributed by atoms with Crippen LogP contribution in [0.3, 0.4) is 0 Å². The molecular weight excluding hydrogens is 251 g/mol. The fourth-order valence-electron chi connectivity index (χ4n) is 1.44. The third-order valence-corrected chi connectivity index (χ3v) is 1.85. The number of rotatable bonds is 1. The maximum atomic E-state index is 10.9. The third-order valence-electron chi connectivity index (χ3n) is 1.85. The molecule has 0 bridgehead atoms. The van der Waals surface area contributed by atoms with Crippen LogP contribution in [0.1, 0.15) is 23.9 Å². The predicted octanol–water partition coefficient (Wildman–Crippen LogP) is 2.29. The normalized spacial score (nSPS) is 10.4. The van der Waals surface area contributed by atoms with Gasteiger partial charge < -0.3 is 17.3 Å². The fraction of sp³-hybridized carbons (Fsp3) is 0.400. The maximum absolute atomic E-state index is 10.9. The van der Waals surface area contributed by atoms with Crippen LogP contribution in [0.15, 0.2) is 12.1 Å². The van der Waals surface area contributed by atoms with Crippen molar-refractivity contribution in [1.82, 2.24) is 0 Å². The Morgan fingerprint density at radius 3 is 1.72 bits per heavy atom. The Kier molecular flexibility index (Phi) is 5.80. The zero-order chi connectivity index (χ0) is 14.5. The quantitative estimate of drug-likeness (QED) is 0.472. The van der Waals surface area contributed by atoms with E-state index in [0.717, 1.165) is 11.4 Å². The molecule has 1 N–H and O–H groups in total. The summed E-state index contributed by atoms with van der Waals surface area (Å²) in [4.78, 5) is 10.9. The van der Waals surface area contributed by atoms with E-state index in [4.69, 9.17) is 0 Å². The third kappa shape index (κ3) is 7.64. The topological polar surface area (TPSA) is 33.0 Å². The summed E-state index contributed by atoms with van der Waals surface area (Å²) in [7, 11) is -6.00. The Hall–Kier alpha value is -1.60. The summed E-state index contributed by atoms with van der Waals surface area (Å²) in [5, 5.41) is 0. The molecule has 0 atom stereocenters. The summed E-state index contributed by atoms with van der Waals surface area (Å²) >= 11 is 0. The molecule has 0 radical (unpaired) electrons. The van der Waals surface area contributed by atoms with E-state index in [1.807, 2.05) is 32.9 Å². The van der Waals surface area contributed by atoms with Crippen LogP contribution in [0.2, 0.25) is 0 Å². The second-order valence-corrected chi connectivity index (χ2v) is 3.81. The van der Waals surface area contributed by atoms with E-state index in [-0.39, 0.29) is 5.91 Å². The van der Waals surface area contributed by atoms with Gasteiger partial charge in [-0.2, -0.15) is 0 Å². The average molecular weight is 266 g/mol. The van der Waals surface area contributed by atoms with E-state index in [1.165, 1.54) is 12.5 Å². The van der Waals surface area contributed by atoms with Crippen molar-refractivity contribution < 1.29 is 26.7 Å². The van der Waals surface area contributed by atoms with Gasteiger partial charge in [-0.05, 0) is 12.5 Å². The lowest BCUT2D eigenvalue weighted by molar-refractivity contribution is -0.655. The molecule has 0 fully saturated rings. The standard InChI is InChI=1S/C10H14N2O.BF4/c1-7-5-8(2)12(9(3)6-7)11-10(4)13;2-1(3,4)5/h5-6H,1-4H3;/q;-1/p+1. The molecule has 0 saturated heterocycles. The second kappa shape index (κ2) is 6.37. The van der Waals surface area contributed by atoms with Crippen molar-refractivity contribution in [1.29, 1.82) is 0 Å². The van der Waals surface area contributed by atoms with Crippen molar-refractivity contribution in [3.8, 4) is 0 Å². The Morgan fingerprint density at radius 1 is 1.11 bits per heavy atom. The second-order valence-electron chi connectivity index (χ2n) is 3.81. The van der Waals surface area contributed by atoms with Crippen LogP contribution in [0.25, 0.3) is 0 Å². The fourth-order valence-corrected chi connectivity index (χ4v) is 1.44. The number of nitrogens with one attached hydrogen (secondary N) is 1. The molecule has 0 aliphatic rings. The lowest BCUT2D eigenvalue weighted by Crippen LogP contribution is -2.52. The van der Waals surface area contributed by atoms with Crippen LogP contribution in [-0.2, 0) is 4.79 Å². The first-order valence-electron chi connectivity index (χ1n) is 5.15. The van der Waals surface area contributed by atoms with Crippen LogP contribution in [0.5, 0.6) is 0 Å².